The smallest absolute Gasteiger partial charge is 0.309 e. The fourth-order valence-electron chi connectivity index (χ4n) is 3.56. The number of fused-ring (bicyclic) bond motifs is 2. The van der Waals surface area contributed by atoms with E-state index in [4.69, 9.17) is 4.74 Å². The molecule has 0 amide bonds. The summed E-state index contributed by atoms with van der Waals surface area (Å²) in [6.07, 6.45) is 3.06. The van der Waals surface area contributed by atoms with Gasteiger partial charge in [-0.1, -0.05) is 6.07 Å². The van der Waals surface area contributed by atoms with Crippen molar-refractivity contribution in [1.29, 1.82) is 0 Å². The number of esters is 1. The second-order valence-corrected chi connectivity index (χ2v) is 5.20. The Balaban J connectivity index is 2.09. The number of hydrogen-bond acceptors (Lipinski definition) is 3. The molecule has 2 unspecified atom stereocenters. The largest absolute Gasteiger partial charge is 0.505 e. The first-order valence-corrected chi connectivity index (χ1v) is 6.19. The van der Waals surface area contributed by atoms with Crippen LogP contribution in [0, 0.1) is 11.7 Å². The number of hydrogen-bond donors (Lipinski definition) is 1. The Bertz CT molecular complexity index is 526. The van der Waals surface area contributed by atoms with Crippen LogP contribution in [0.25, 0.3) is 0 Å². The van der Waals surface area contributed by atoms with Crippen LogP contribution in [-0.4, -0.2) is 18.2 Å². The number of ether oxygens (including phenoxy) is 1. The molecule has 2 aliphatic rings. The Morgan fingerprint density at radius 1 is 1.50 bits per heavy atom. The van der Waals surface area contributed by atoms with Crippen molar-refractivity contribution in [2.45, 2.75) is 31.1 Å². The molecule has 4 heteroatoms. The molecule has 0 aromatic heterocycles. The molecule has 18 heavy (non-hydrogen) atoms. The highest BCUT2D eigenvalue weighted by atomic mass is 19.1. The fourth-order valence-corrected chi connectivity index (χ4v) is 3.56. The van der Waals surface area contributed by atoms with Gasteiger partial charge in [0.1, 0.15) is 0 Å². The van der Waals surface area contributed by atoms with Gasteiger partial charge in [0.2, 0.25) is 0 Å². The lowest BCUT2D eigenvalue weighted by atomic mass is 9.57. The minimum absolute atomic E-state index is 0.264. The van der Waals surface area contributed by atoms with Gasteiger partial charge in [0, 0.05) is 11.0 Å². The van der Waals surface area contributed by atoms with Crippen molar-refractivity contribution in [1.82, 2.24) is 0 Å². The van der Waals surface area contributed by atoms with Gasteiger partial charge in [0.15, 0.2) is 11.6 Å². The van der Waals surface area contributed by atoms with Crippen LogP contribution in [0.4, 0.5) is 4.39 Å². The molecule has 0 bridgehead atoms. The zero-order chi connectivity index (χ0) is 12.9. The summed E-state index contributed by atoms with van der Waals surface area (Å²) < 4.78 is 19.0. The van der Waals surface area contributed by atoms with Crippen LogP contribution in [0.3, 0.4) is 0 Å². The summed E-state index contributed by atoms with van der Waals surface area (Å²) in [6, 6.07) is 3.15. The average molecular weight is 250 g/mol. The average Bonchev–Trinajstić information content (AvgIpc) is 2.74. The molecule has 3 nitrogen and oxygen atoms in total. The summed E-state index contributed by atoms with van der Waals surface area (Å²) in [5.41, 5.74) is 1.02. The fraction of sp³-hybridized carbons (Fsp3) is 0.500. The predicted octanol–water partition coefficient (Wildman–Crippen LogP) is 2.30. The molecule has 0 heterocycles. The summed E-state index contributed by atoms with van der Waals surface area (Å²) in [6.45, 7) is 0. The normalized spacial score (nSPS) is 28.9. The van der Waals surface area contributed by atoms with E-state index in [0.717, 1.165) is 31.2 Å². The molecule has 3 rings (SSSR count). The molecule has 1 aromatic carbocycles. The molecule has 1 spiro atoms. The van der Waals surface area contributed by atoms with E-state index in [2.05, 4.69) is 0 Å². The zero-order valence-corrected chi connectivity index (χ0v) is 10.2. The molecule has 1 aromatic rings. The van der Waals surface area contributed by atoms with Gasteiger partial charge in [0.05, 0.1) is 13.0 Å². The molecule has 1 N–H and O–H groups in total. The highest BCUT2D eigenvalue weighted by Gasteiger charge is 2.56. The summed E-state index contributed by atoms with van der Waals surface area (Å²) in [4.78, 5) is 11.8. The number of aryl methyl sites for hydroxylation is 1. The van der Waals surface area contributed by atoms with Crippen LogP contribution < -0.4 is 0 Å². The maximum atomic E-state index is 14.2. The van der Waals surface area contributed by atoms with Gasteiger partial charge in [-0.05, 0) is 37.3 Å². The van der Waals surface area contributed by atoms with E-state index < -0.39 is 11.2 Å². The number of halogens is 1. The third-order valence-corrected chi connectivity index (χ3v) is 4.58. The van der Waals surface area contributed by atoms with Crippen LogP contribution in [0.5, 0.6) is 5.75 Å². The van der Waals surface area contributed by atoms with E-state index in [-0.39, 0.29) is 17.6 Å². The highest BCUT2D eigenvalue weighted by molar-refractivity contribution is 5.77. The van der Waals surface area contributed by atoms with E-state index in [1.807, 2.05) is 0 Å². The summed E-state index contributed by atoms with van der Waals surface area (Å²) in [5, 5.41) is 9.53. The number of rotatable bonds is 1. The maximum Gasteiger partial charge on any atom is 0.309 e. The van der Waals surface area contributed by atoms with Crippen molar-refractivity contribution in [3.63, 3.8) is 0 Å². The Morgan fingerprint density at radius 3 is 2.89 bits per heavy atom. The Kier molecular flexibility index (Phi) is 2.37. The molecular weight excluding hydrogens is 235 g/mol. The molecule has 0 radical (unpaired) electrons. The second-order valence-electron chi connectivity index (χ2n) is 5.20. The standard InChI is InChI=1S/C14H15FO3/c1-18-13(17)9-5-7-14(9)6-4-8-2-3-10(16)12(15)11(8)14/h2-3,9,16H,4-7H2,1H3. The molecule has 96 valence electrons. The van der Waals surface area contributed by atoms with Crippen molar-refractivity contribution in [2.24, 2.45) is 5.92 Å². The van der Waals surface area contributed by atoms with E-state index in [0.29, 0.717) is 5.56 Å². The molecule has 2 aliphatic carbocycles. The monoisotopic (exact) mass is 250 g/mol. The van der Waals surface area contributed by atoms with Gasteiger partial charge in [0.25, 0.3) is 0 Å². The van der Waals surface area contributed by atoms with Crippen molar-refractivity contribution in [3.8, 4) is 5.75 Å². The van der Waals surface area contributed by atoms with Crippen molar-refractivity contribution >= 4 is 5.97 Å². The topological polar surface area (TPSA) is 46.5 Å². The number of methoxy groups -OCH3 is 1. The summed E-state index contributed by atoms with van der Waals surface area (Å²) in [7, 11) is 1.36. The van der Waals surface area contributed by atoms with Crippen LogP contribution in [0.1, 0.15) is 30.4 Å². The van der Waals surface area contributed by atoms with Crippen molar-refractivity contribution < 1.29 is 19.0 Å². The van der Waals surface area contributed by atoms with Crippen LogP contribution in [-0.2, 0) is 21.4 Å². The summed E-state index contributed by atoms with van der Waals surface area (Å²) >= 11 is 0. The molecular formula is C14H15FO3. The Morgan fingerprint density at radius 2 is 2.28 bits per heavy atom. The van der Waals surface area contributed by atoms with Gasteiger partial charge in [-0.25, -0.2) is 4.39 Å². The zero-order valence-electron chi connectivity index (χ0n) is 10.2. The first kappa shape index (κ1) is 11.5. The number of phenols is 1. The number of aromatic hydroxyl groups is 1. The van der Waals surface area contributed by atoms with Crippen LogP contribution in [0.2, 0.25) is 0 Å². The minimum Gasteiger partial charge on any atom is -0.505 e. The van der Waals surface area contributed by atoms with Crippen molar-refractivity contribution in [2.75, 3.05) is 7.11 Å². The molecule has 1 saturated carbocycles. The lowest BCUT2D eigenvalue weighted by molar-refractivity contribution is -0.153. The SMILES string of the molecule is COC(=O)C1CCC12CCc1ccc(O)c(F)c12. The number of benzene rings is 1. The van der Waals surface area contributed by atoms with E-state index in [1.165, 1.54) is 13.2 Å². The first-order chi connectivity index (χ1) is 8.60. The molecule has 0 saturated heterocycles. The first-order valence-electron chi connectivity index (χ1n) is 6.19. The lowest BCUT2D eigenvalue weighted by Crippen LogP contribution is -2.47. The Hall–Kier alpha value is -1.58. The van der Waals surface area contributed by atoms with Crippen LogP contribution >= 0.6 is 0 Å². The van der Waals surface area contributed by atoms with Crippen LogP contribution in [0.15, 0.2) is 12.1 Å². The van der Waals surface area contributed by atoms with Gasteiger partial charge in [-0.2, -0.15) is 0 Å². The lowest BCUT2D eigenvalue weighted by Gasteiger charge is -2.46. The number of phenolic OH excluding ortho intramolecular Hbond substituents is 1. The molecule has 2 atom stereocenters. The van der Waals surface area contributed by atoms with E-state index in [1.54, 1.807) is 6.07 Å². The second kappa shape index (κ2) is 3.70. The number of carbonyl (C=O) groups is 1. The van der Waals surface area contributed by atoms with Gasteiger partial charge in [-0.3, -0.25) is 4.79 Å². The molecule has 0 aliphatic heterocycles. The third kappa shape index (κ3) is 1.26. The summed E-state index contributed by atoms with van der Waals surface area (Å²) in [5.74, 6) is -1.42. The Labute approximate surface area is 105 Å². The minimum atomic E-state index is -0.557. The number of carbonyl (C=O) groups excluding carboxylic acids is 1. The van der Waals surface area contributed by atoms with E-state index in [9.17, 15) is 14.3 Å². The quantitative estimate of drug-likeness (QED) is 0.778. The highest BCUT2D eigenvalue weighted by Crippen LogP contribution is 2.58. The van der Waals surface area contributed by atoms with Crippen molar-refractivity contribution in [3.05, 3.63) is 29.1 Å². The maximum absolute atomic E-state index is 14.2. The van der Waals surface area contributed by atoms with E-state index >= 15 is 0 Å². The predicted molar refractivity (Wildman–Crippen MR) is 62.8 cm³/mol. The molecule has 1 fully saturated rings. The third-order valence-electron chi connectivity index (χ3n) is 4.58. The van der Waals surface area contributed by atoms with Gasteiger partial charge >= 0.3 is 5.97 Å². The van der Waals surface area contributed by atoms with Gasteiger partial charge in [-0.15, -0.1) is 0 Å². The van der Waals surface area contributed by atoms with Gasteiger partial charge < -0.3 is 9.84 Å².